The maximum atomic E-state index is 5.98. The van der Waals surface area contributed by atoms with Gasteiger partial charge in [0.2, 0.25) is 5.88 Å². The summed E-state index contributed by atoms with van der Waals surface area (Å²) in [5.41, 5.74) is 7.97. The standard InChI is InChI=1S/C20H29N5O3.HI/c1-25(2)9-10-28-19-12-16(7-8-22-19)14-24-20(21)23-13-15-5-6-17(26-3)18(11-15)27-4;/h5-8,11-12H,9-10,13-14H2,1-4H3,(H3,21,23,24);1H. The van der Waals surface area contributed by atoms with E-state index in [0.29, 0.717) is 43.0 Å². The van der Waals surface area contributed by atoms with Gasteiger partial charge >= 0.3 is 0 Å². The summed E-state index contributed by atoms with van der Waals surface area (Å²) >= 11 is 0. The molecule has 160 valence electrons. The van der Waals surface area contributed by atoms with Gasteiger partial charge < -0.3 is 30.2 Å². The Labute approximate surface area is 189 Å². The van der Waals surface area contributed by atoms with E-state index in [1.165, 1.54) is 0 Å². The van der Waals surface area contributed by atoms with Crippen LogP contribution in [0.5, 0.6) is 17.4 Å². The van der Waals surface area contributed by atoms with Crippen molar-refractivity contribution < 1.29 is 14.2 Å². The lowest BCUT2D eigenvalue weighted by molar-refractivity contribution is 0.253. The van der Waals surface area contributed by atoms with Crippen LogP contribution >= 0.6 is 24.0 Å². The van der Waals surface area contributed by atoms with Crippen molar-refractivity contribution in [1.82, 2.24) is 15.2 Å². The molecule has 1 aromatic heterocycles. The molecule has 8 nitrogen and oxygen atoms in total. The molecule has 0 amide bonds. The summed E-state index contributed by atoms with van der Waals surface area (Å²) in [5.74, 6) is 2.31. The van der Waals surface area contributed by atoms with Gasteiger partial charge in [-0.05, 0) is 43.4 Å². The van der Waals surface area contributed by atoms with Crippen molar-refractivity contribution in [3.05, 3.63) is 47.7 Å². The Balaban J connectivity index is 0.00000420. The van der Waals surface area contributed by atoms with E-state index < -0.39 is 0 Å². The minimum atomic E-state index is 0. The van der Waals surface area contributed by atoms with E-state index in [1.54, 1.807) is 20.4 Å². The van der Waals surface area contributed by atoms with Crippen LogP contribution in [0, 0.1) is 0 Å². The SMILES string of the molecule is COc1ccc(CN=C(N)NCc2ccnc(OCCN(C)C)c2)cc1OC.I. The fraction of sp³-hybridized carbons (Fsp3) is 0.400. The van der Waals surface area contributed by atoms with Crippen LogP contribution in [0.4, 0.5) is 0 Å². The maximum absolute atomic E-state index is 5.98. The number of rotatable bonds is 10. The lowest BCUT2D eigenvalue weighted by atomic mass is 10.2. The molecule has 0 bridgehead atoms. The largest absolute Gasteiger partial charge is 0.493 e. The Morgan fingerprint density at radius 1 is 1.10 bits per heavy atom. The quantitative estimate of drug-likeness (QED) is 0.285. The topological polar surface area (TPSA) is 94.2 Å². The molecule has 0 radical (unpaired) electrons. The zero-order valence-corrected chi connectivity index (χ0v) is 19.7. The third-order valence-corrected chi connectivity index (χ3v) is 3.94. The molecule has 0 saturated carbocycles. The van der Waals surface area contributed by atoms with Crippen molar-refractivity contribution in [2.75, 3.05) is 41.5 Å². The van der Waals surface area contributed by atoms with Crippen LogP contribution in [0.15, 0.2) is 41.5 Å². The van der Waals surface area contributed by atoms with Gasteiger partial charge in [0.05, 0.1) is 20.8 Å². The van der Waals surface area contributed by atoms with Gasteiger partial charge in [-0.2, -0.15) is 0 Å². The Morgan fingerprint density at radius 2 is 1.86 bits per heavy atom. The molecule has 1 heterocycles. The summed E-state index contributed by atoms with van der Waals surface area (Å²) < 4.78 is 16.2. The summed E-state index contributed by atoms with van der Waals surface area (Å²) in [6, 6.07) is 9.47. The first-order valence-electron chi connectivity index (χ1n) is 8.99. The van der Waals surface area contributed by atoms with Gasteiger partial charge in [-0.3, -0.25) is 0 Å². The van der Waals surface area contributed by atoms with Gasteiger partial charge in [0.1, 0.15) is 6.61 Å². The van der Waals surface area contributed by atoms with Crippen molar-refractivity contribution in [2.24, 2.45) is 10.7 Å². The number of aromatic nitrogens is 1. The Kier molecular flexibility index (Phi) is 11.1. The number of hydrogen-bond acceptors (Lipinski definition) is 6. The molecule has 3 N–H and O–H groups in total. The number of hydrogen-bond donors (Lipinski definition) is 2. The van der Waals surface area contributed by atoms with Crippen LogP contribution in [0.1, 0.15) is 11.1 Å². The average molecular weight is 515 g/mol. The third kappa shape index (κ3) is 8.73. The average Bonchev–Trinajstić information content (AvgIpc) is 2.70. The summed E-state index contributed by atoms with van der Waals surface area (Å²) in [5, 5.41) is 3.10. The Bertz CT molecular complexity index is 786. The molecule has 0 aliphatic rings. The summed E-state index contributed by atoms with van der Waals surface area (Å²) in [4.78, 5) is 10.6. The monoisotopic (exact) mass is 515 g/mol. The number of pyridine rings is 1. The number of guanidine groups is 1. The summed E-state index contributed by atoms with van der Waals surface area (Å²) in [6.45, 7) is 2.40. The second-order valence-electron chi connectivity index (χ2n) is 6.40. The van der Waals surface area contributed by atoms with Gasteiger partial charge in [0, 0.05) is 25.4 Å². The van der Waals surface area contributed by atoms with E-state index in [-0.39, 0.29) is 24.0 Å². The lowest BCUT2D eigenvalue weighted by Crippen LogP contribution is -2.31. The number of nitrogens with two attached hydrogens (primary N) is 1. The highest BCUT2D eigenvalue weighted by Gasteiger charge is 2.04. The van der Waals surface area contributed by atoms with E-state index in [4.69, 9.17) is 19.9 Å². The third-order valence-electron chi connectivity index (χ3n) is 3.94. The van der Waals surface area contributed by atoms with Crippen LogP contribution in [-0.2, 0) is 13.1 Å². The molecule has 0 aliphatic carbocycles. The predicted octanol–water partition coefficient (Wildman–Crippen LogP) is 2.26. The smallest absolute Gasteiger partial charge is 0.213 e. The van der Waals surface area contributed by atoms with Crippen LogP contribution in [-0.4, -0.2) is 57.3 Å². The Morgan fingerprint density at radius 3 is 2.55 bits per heavy atom. The van der Waals surface area contributed by atoms with Gasteiger partial charge in [-0.1, -0.05) is 6.07 Å². The molecule has 0 aliphatic heterocycles. The minimum Gasteiger partial charge on any atom is -0.493 e. The molecule has 9 heteroatoms. The minimum absolute atomic E-state index is 0. The highest BCUT2D eigenvalue weighted by molar-refractivity contribution is 14.0. The van der Waals surface area contributed by atoms with E-state index in [9.17, 15) is 0 Å². The predicted molar refractivity (Wildman–Crippen MR) is 125 cm³/mol. The normalized spacial score (nSPS) is 11.0. The number of halogens is 1. The number of aliphatic imine (C=N–C) groups is 1. The van der Waals surface area contributed by atoms with Gasteiger partial charge in [-0.25, -0.2) is 9.98 Å². The van der Waals surface area contributed by atoms with Crippen LogP contribution in [0.3, 0.4) is 0 Å². The number of nitrogens with one attached hydrogen (secondary N) is 1. The van der Waals surface area contributed by atoms with E-state index >= 15 is 0 Å². The van der Waals surface area contributed by atoms with Crippen molar-refractivity contribution in [1.29, 1.82) is 0 Å². The molecule has 0 saturated heterocycles. The fourth-order valence-electron chi connectivity index (χ4n) is 2.38. The molecular formula is C20H30IN5O3. The van der Waals surface area contributed by atoms with Crippen molar-refractivity contribution in [2.45, 2.75) is 13.1 Å². The zero-order chi connectivity index (χ0) is 20.4. The zero-order valence-electron chi connectivity index (χ0n) is 17.3. The number of nitrogens with zero attached hydrogens (tertiary/aromatic N) is 3. The first-order valence-corrected chi connectivity index (χ1v) is 8.99. The highest BCUT2D eigenvalue weighted by atomic mass is 127. The van der Waals surface area contributed by atoms with Crippen LogP contribution in [0.25, 0.3) is 0 Å². The fourth-order valence-corrected chi connectivity index (χ4v) is 2.38. The molecule has 0 unspecified atom stereocenters. The van der Waals surface area contributed by atoms with Gasteiger partial charge in [-0.15, -0.1) is 24.0 Å². The molecule has 2 aromatic rings. The van der Waals surface area contributed by atoms with E-state index in [0.717, 1.165) is 17.7 Å². The molecule has 0 atom stereocenters. The van der Waals surface area contributed by atoms with E-state index in [2.05, 4.69) is 20.2 Å². The maximum Gasteiger partial charge on any atom is 0.213 e. The molecule has 1 aromatic carbocycles. The number of likely N-dealkylation sites (N-methyl/N-ethyl adjacent to an activating group) is 1. The Hall–Kier alpha value is -2.27. The number of benzene rings is 1. The second kappa shape index (κ2) is 13.0. The first-order chi connectivity index (χ1) is 13.5. The molecule has 0 spiro atoms. The summed E-state index contributed by atoms with van der Waals surface area (Å²) in [7, 11) is 7.21. The van der Waals surface area contributed by atoms with Crippen LogP contribution in [0.2, 0.25) is 0 Å². The van der Waals surface area contributed by atoms with Crippen molar-refractivity contribution in [3.8, 4) is 17.4 Å². The lowest BCUT2D eigenvalue weighted by Gasteiger charge is -2.11. The van der Waals surface area contributed by atoms with Gasteiger partial charge in [0.15, 0.2) is 17.5 Å². The van der Waals surface area contributed by atoms with Crippen molar-refractivity contribution >= 4 is 29.9 Å². The second-order valence-corrected chi connectivity index (χ2v) is 6.40. The number of ether oxygens (including phenoxy) is 3. The molecular weight excluding hydrogens is 485 g/mol. The van der Waals surface area contributed by atoms with Crippen LogP contribution < -0.4 is 25.3 Å². The molecule has 2 rings (SSSR count). The van der Waals surface area contributed by atoms with E-state index in [1.807, 2.05) is 44.4 Å². The molecule has 29 heavy (non-hydrogen) atoms. The first kappa shape index (κ1) is 24.8. The highest BCUT2D eigenvalue weighted by Crippen LogP contribution is 2.27. The van der Waals surface area contributed by atoms with Crippen molar-refractivity contribution in [3.63, 3.8) is 0 Å². The molecule has 0 fully saturated rings. The number of methoxy groups -OCH3 is 2. The summed E-state index contributed by atoms with van der Waals surface area (Å²) in [6.07, 6.45) is 1.72. The van der Waals surface area contributed by atoms with Gasteiger partial charge in [0.25, 0.3) is 0 Å².